The Bertz CT molecular complexity index is 635. The molecule has 0 aliphatic carbocycles. The number of carbonyl (C=O) groups is 1. The van der Waals surface area contributed by atoms with E-state index in [0.717, 1.165) is 16.7 Å². The number of nitrogens with zero attached hydrogens (tertiary/aromatic N) is 1. The van der Waals surface area contributed by atoms with Gasteiger partial charge >= 0.3 is 5.97 Å². The summed E-state index contributed by atoms with van der Waals surface area (Å²) in [7, 11) is 0. The van der Waals surface area contributed by atoms with Crippen molar-refractivity contribution in [3.05, 3.63) is 52.7 Å². The molecule has 1 aromatic carbocycles. The number of pyridine rings is 1. The molecule has 4 nitrogen and oxygen atoms in total. The smallest absolute Gasteiger partial charge is 0.341 e. The number of hydrogen-bond donors (Lipinski definition) is 1. The number of rotatable bonds is 3. The zero-order valence-electron chi connectivity index (χ0n) is 11.1. The lowest BCUT2D eigenvalue weighted by atomic mass is 10.1. The van der Waals surface area contributed by atoms with Crippen LogP contribution in [0.3, 0.4) is 0 Å². The van der Waals surface area contributed by atoms with Gasteiger partial charge in [-0.05, 0) is 49.6 Å². The highest BCUT2D eigenvalue weighted by molar-refractivity contribution is 5.90. The normalized spacial score (nSPS) is 10.3. The van der Waals surface area contributed by atoms with E-state index in [1.807, 2.05) is 32.9 Å². The van der Waals surface area contributed by atoms with Gasteiger partial charge in [-0.2, -0.15) is 0 Å². The first kappa shape index (κ1) is 13.1. The van der Waals surface area contributed by atoms with E-state index in [9.17, 15) is 4.79 Å². The van der Waals surface area contributed by atoms with E-state index >= 15 is 0 Å². The van der Waals surface area contributed by atoms with Crippen LogP contribution >= 0.6 is 0 Å². The number of benzene rings is 1. The molecule has 0 aliphatic rings. The van der Waals surface area contributed by atoms with E-state index in [-0.39, 0.29) is 11.4 Å². The predicted octanol–water partition coefficient (Wildman–Crippen LogP) is 3.50. The van der Waals surface area contributed by atoms with Crippen molar-refractivity contribution in [3.63, 3.8) is 0 Å². The lowest BCUT2D eigenvalue weighted by molar-refractivity contribution is 0.0693. The standard InChI is InChI=1S/C15H15NO3/c1-9-6-7-10(2)13(11(9)3)19-14-12(15(17)18)5-4-8-16-14/h4-8H,1-3H3,(H,17,18). The summed E-state index contributed by atoms with van der Waals surface area (Å²) in [5, 5.41) is 9.12. The van der Waals surface area contributed by atoms with Crippen LogP contribution in [-0.4, -0.2) is 16.1 Å². The second-order valence-corrected chi connectivity index (χ2v) is 4.42. The second-order valence-electron chi connectivity index (χ2n) is 4.42. The molecule has 19 heavy (non-hydrogen) atoms. The van der Waals surface area contributed by atoms with Gasteiger partial charge in [0.25, 0.3) is 0 Å². The number of aryl methyl sites for hydroxylation is 2. The molecule has 0 bridgehead atoms. The van der Waals surface area contributed by atoms with E-state index in [0.29, 0.717) is 5.75 Å². The number of carboxylic acids is 1. The van der Waals surface area contributed by atoms with Crippen molar-refractivity contribution in [2.45, 2.75) is 20.8 Å². The summed E-state index contributed by atoms with van der Waals surface area (Å²) in [5.74, 6) is -0.265. The molecule has 0 radical (unpaired) electrons. The number of carboxylic acid groups (broad SMARTS) is 1. The number of hydrogen-bond acceptors (Lipinski definition) is 3. The molecule has 0 aliphatic heterocycles. The average Bonchev–Trinajstić information content (AvgIpc) is 2.39. The number of ether oxygens (including phenoxy) is 1. The van der Waals surface area contributed by atoms with Crippen molar-refractivity contribution < 1.29 is 14.6 Å². The minimum Gasteiger partial charge on any atom is -0.477 e. The Morgan fingerprint density at radius 3 is 2.53 bits per heavy atom. The van der Waals surface area contributed by atoms with Gasteiger partial charge in [0.15, 0.2) is 0 Å². The molecule has 0 amide bonds. The maximum Gasteiger partial charge on any atom is 0.341 e. The molecule has 0 unspecified atom stereocenters. The Labute approximate surface area is 111 Å². The highest BCUT2D eigenvalue weighted by Gasteiger charge is 2.15. The molecular weight excluding hydrogens is 242 g/mol. The van der Waals surface area contributed by atoms with Gasteiger partial charge in [-0.15, -0.1) is 0 Å². The fraction of sp³-hybridized carbons (Fsp3) is 0.200. The van der Waals surface area contributed by atoms with Crippen LogP contribution in [0.1, 0.15) is 27.0 Å². The minimum atomic E-state index is -1.05. The first-order valence-electron chi connectivity index (χ1n) is 5.93. The molecule has 0 saturated carbocycles. The highest BCUT2D eigenvalue weighted by Crippen LogP contribution is 2.31. The molecule has 1 aromatic heterocycles. The Morgan fingerprint density at radius 1 is 1.16 bits per heavy atom. The quantitative estimate of drug-likeness (QED) is 0.914. The van der Waals surface area contributed by atoms with Gasteiger partial charge in [0.2, 0.25) is 5.88 Å². The van der Waals surface area contributed by atoms with Crippen molar-refractivity contribution in [3.8, 4) is 11.6 Å². The van der Waals surface area contributed by atoms with E-state index in [1.54, 1.807) is 6.07 Å². The number of aromatic nitrogens is 1. The van der Waals surface area contributed by atoms with Gasteiger partial charge in [-0.25, -0.2) is 9.78 Å². The average molecular weight is 257 g/mol. The summed E-state index contributed by atoms with van der Waals surface area (Å²) in [6.07, 6.45) is 1.52. The van der Waals surface area contributed by atoms with Crippen LogP contribution in [0.4, 0.5) is 0 Å². The molecule has 1 N–H and O–H groups in total. The summed E-state index contributed by atoms with van der Waals surface area (Å²) in [6.45, 7) is 5.85. The van der Waals surface area contributed by atoms with E-state index in [2.05, 4.69) is 4.98 Å². The lowest BCUT2D eigenvalue weighted by Gasteiger charge is -2.13. The zero-order chi connectivity index (χ0) is 14.0. The third kappa shape index (κ3) is 2.57. The Balaban J connectivity index is 2.48. The third-order valence-corrected chi connectivity index (χ3v) is 3.07. The van der Waals surface area contributed by atoms with E-state index in [1.165, 1.54) is 12.3 Å². The van der Waals surface area contributed by atoms with Crippen LogP contribution < -0.4 is 4.74 Å². The minimum absolute atomic E-state index is 0.0582. The van der Waals surface area contributed by atoms with E-state index < -0.39 is 5.97 Å². The Morgan fingerprint density at radius 2 is 1.84 bits per heavy atom. The second kappa shape index (κ2) is 5.10. The van der Waals surface area contributed by atoms with Crippen molar-refractivity contribution >= 4 is 5.97 Å². The van der Waals surface area contributed by atoms with Crippen LogP contribution in [0.15, 0.2) is 30.5 Å². The molecule has 0 atom stereocenters. The van der Waals surface area contributed by atoms with Gasteiger partial charge < -0.3 is 9.84 Å². The van der Waals surface area contributed by atoms with Crippen LogP contribution in [0.5, 0.6) is 11.6 Å². The van der Waals surface area contributed by atoms with Crippen molar-refractivity contribution in [2.24, 2.45) is 0 Å². The van der Waals surface area contributed by atoms with Crippen LogP contribution in [-0.2, 0) is 0 Å². The fourth-order valence-corrected chi connectivity index (χ4v) is 1.81. The maximum atomic E-state index is 11.1. The molecule has 1 heterocycles. The first-order valence-corrected chi connectivity index (χ1v) is 5.93. The monoisotopic (exact) mass is 257 g/mol. The van der Waals surface area contributed by atoms with Gasteiger partial charge in [-0.3, -0.25) is 0 Å². The van der Waals surface area contributed by atoms with E-state index in [4.69, 9.17) is 9.84 Å². The number of aromatic carboxylic acids is 1. The molecule has 98 valence electrons. The maximum absolute atomic E-state index is 11.1. The van der Waals surface area contributed by atoms with Crippen molar-refractivity contribution in [2.75, 3.05) is 0 Å². The molecule has 0 fully saturated rings. The molecule has 0 spiro atoms. The van der Waals surface area contributed by atoms with Crippen molar-refractivity contribution in [1.82, 2.24) is 4.98 Å². The molecule has 0 saturated heterocycles. The zero-order valence-corrected chi connectivity index (χ0v) is 11.1. The molecule has 4 heteroatoms. The molecule has 2 rings (SSSR count). The summed E-state index contributed by atoms with van der Waals surface area (Å²) in [5.41, 5.74) is 3.09. The largest absolute Gasteiger partial charge is 0.477 e. The Hall–Kier alpha value is -2.36. The summed E-state index contributed by atoms with van der Waals surface area (Å²) < 4.78 is 5.72. The summed E-state index contributed by atoms with van der Waals surface area (Å²) >= 11 is 0. The summed E-state index contributed by atoms with van der Waals surface area (Å²) in [6, 6.07) is 7.01. The van der Waals surface area contributed by atoms with Gasteiger partial charge in [0.05, 0.1) is 0 Å². The van der Waals surface area contributed by atoms with Gasteiger partial charge in [0, 0.05) is 6.20 Å². The molecular formula is C15H15NO3. The highest BCUT2D eigenvalue weighted by atomic mass is 16.5. The van der Waals surface area contributed by atoms with Crippen molar-refractivity contribution in [1.29, 1.82) is 0 Å². The third-order valence-electron chi connectivity index (χ3n) is 3.07. The SMILES string of the molecule is Cc1ccc(C)c(Oc2ncccc2C(=O)O)c1C. The Kier molecular flexibility index (Phi) is 3.51. The first-order chi connectivity index (χ1) is 9.00. The summed E-state index contributed by atoms with van der Waals surface area (Å²) in [4.78, 5) is 15.1. The predicted molar refractivity (Wildman–Crippen MR) is 71.9 cm³/mol. The topological polar surface area (TPSA) is 59.4 Å². The molecule has 2 aromatic rings. The fourth-order valence-electron chi connectivity index (χ4n) is 1.81. The van der Waals surface area contributed by atoms with Crippen LogP contribution in [0.25, 0.3) is 0 Å². The van der Waals surface area contributed by atoms with Gasteiger partial charge in [0.1, 0.15) is 11.3 Å². The van der Waals surface area contributed by atoms with Gasteiger partial charge in [-0.1, -0.05) is 12.1 Å². The lowest BCUT2D eigenvalue weighted by Crippen LogP contribution is -2.03. The van der Waals surface area contributed by atoms with Crippen LogP contribution in [0, 0.1) is 20.8 Å². The van der Waals surface area contributed by atoms with Crippen LogP contribution in [0.2, 0.25) is 0 Å².